The van der Waals surface area contributed by atoms with E-state index in [1.165, 1.54) is 4.68 Å². The summed E-state index contributed by atoms with van der Waals surface area (Å²) >= 11 is 0. The normalized spacial score (nSPS) is 11.5. The summed E-state index contributed by atoms with van der Waals surface area (Å²) in [5.74, 6) is -0.294. The molecule has 1 N–H and O–H groups in total. The fraction of sp³-hybridized carbons (Fsp3) is 0.227. The molecule has 28 heavy (non-hydrogen) atoms. The second kappa shape index (κ2) is 6.64. The number of benzene rings is 2. The summed E-state index contributed by atoms with van der Waals surface area (Å²) in [6.07, 6.45) is 0. The van der Waals surface area contributed by atoms with Crippen molar-refractivity contribution in [3.8, 4) is 5.69 Å². The Kier molecular flexibility index (Phi) is 4.26. The lowest BCUT2D eigenvalue weighted by Crippen LogP contribution is -2.34. The van der Waals surface area contributed by atoms with Crippen molar-refractivity contribution < 1.29 is 4.79 Å². The van der Waals surface area contributed by atoms with Gasteiger partial charge in [0.1, 0.15) is 5.52 Å². The number of amides is 1. The number of aromatic nitrogens is 3. The van der Waals surface area contributed by atoms with Gasteiger partial charge in [-0.05, 0) is 39.0 Å². The Morgan fingerprint density at radius 2 is 1.75 bits per heavy atom. The predicted octanol–water partition coefficient (Wildman–Crippen LogP) is 3.32. The van der Waals surface area contributed by atoms with Gasteiger partial charge in [-0.25, -0.2) is 0 Å². The van der Waals surface area contributed by atoms with Gasteiger partial charge in [-0.3, -0.25) is 9.59 Å². The molecule has 1 amide bonds. The zero-order chi connectivity index (χ0) is 20.0. The Labute approximate surface area is 162 Å². The molecule has 0 atom stereocenters. The number of rotatable bonds is 3. The Morgan fingerprint density at radius 1 is 1.07 bits per heavy atom. The molecule has 142 valence electrons. The summed E-state index contributed by atoms with van der Waals surface area (Å²) in [4.78, 5) is 26.3. The lowest BCUT2D eigenvalue weighted by atomic mass is 10.1. The van der Waals surface area contributed by atoms with Crippen molar-refractivity contribution in [3.05, 3.63) is 70.1 Å². The largest absolute Gasteiger partial charge is 0.348 e. The van der Waals surface area contributed by atoms with Crippen molar-refractivity contribution >= 4 is 27.7 Å². The van der Waals surface area contributed by atoms with Crippen LogP contribution in [-0.4, -0.2) is 26.3 Å². The average Bonchev–Trinajstić information content (AvgIpc) is 2.96. The molecule has 0 aliphatic rings. The van der Waals surface area contributed by atoms with E-state index in [1.54, 1.807) is 0 Å². The molecule has 2 heterocycles. The number of hydrogen-bond acceptors (Lipinski definition) is 3. The van der Waals surface area contributed by atoms with E-state index in [4.69, 9.17) is 0 Å². The molecular formula is C22H22N4O2. The Morgan fingerprint density at radius 3 is 2.43 bits per heavy atom. The summed E-state index contributed by atoms with van der Waals surface area (Å²) in [7, 11) is 1.84. The van der Waals surface area contributed by atoms with Gasteiger partial charge in [-0.1, -0.05) is 35.9 Å². The molecule has 6 heteroatoms. The maximum atomic E-state index is 13.3. The third-order valence-electron chi connectivity index (χ3n) is 4.85. The van der Waals surface area contributed by atoms with Crippen molar-refractivity contribution in [2.45, 2.75) is 26.8 Å². The molecule has 0 aliphatic heterocycles. The topological polar surface area (TPSA) is 68.9 Å². The van der Waals surface area contributed by atoms with Gasteiger partial charge in [0, 0.05) is 29.4 Å². The van der Waals surface area contributed by atoms with Crippen molar-refractivity contribution in [2.24, 2.45) is 7.05 Å². The number of carbonyl (C=O) groups is 1. The lowest BCUT2D eigenvalue weighted by molar-refractivity contribution is 0.0938. The minimum absolute atomic E-state index is 0.0425. The van der Waals surface area contributed by atoms with E-state index in [1.807, 2.05) is 80.9 Å². The standard InChI is InChI=1S/C22H22N4O2/c1-13(2)23-21(27)19-18-16-7-5-6-8-17(16)25(4)20(18)22(28)26(24-19)15-11-9-14(3)10-12-15/h5-13H,1-4H3,(H,23,27). The van der Waals surface area contributed by atoms with Crippen LogP contribution < -0.4 is 10.9 Å². The first-order chi connectivity index (χ1) is 13.4. The van der Waals surface area contributed by atoms with Crippen LogP contribution in [-0.2, 0) is 7.05 Å². The molecule has 0 saturated heterocycles. The van der Waals surface area contributed by atoms with E-state index in [9.17, 15) is 9.59 Å². The van der Waals surface area contributed by atoms with Crippen LogP contribution in [0.2, 0.25) is 0 Å². The van der Waals surface area contributed by atoms with Gasteiger partial charge in [0.2, 0.25) is 0 Å². The molecule has 0 saturated carbocycles. The highest BCUT2D eigenvalue weighted by Crippen LogP contribution is 2.28. The van der Waals surface area contributed by atoms with Gasteiger partial charge in [-0.2, -0.15) is 9.78 Å². The van der Waals surface area contributed by atoms with Gasteiger partial charge in [0.05, 0.1) is 5.69 Å². The predicted molar refractivity (Wildman–Crippen MR) is 111 cm³/mol. The van der Waals surface area contributed by atoms with Crippen molar-refractivity contribution in [1.29, 1.82) is 0 Å². The molecular weight excluding hydrogens is 352 g/mol. The fourth-order valence-electron chi connectivity index (χ4n) is 3.53. The molecule has 4 rings (SSSR count). The molecule has 0 unspecified atom stereocenters. The quantitative estimate of drug-likeness (QED) is 0.598. The van der Waals surface area contributed by atoms with Crippen LogP contribution in [0.1, 0.15) is 29.9 Å². The van der Waals surface area contributed by atoms with Gasteiger partial charge in [-0.15, -0.1) is 0 Å². The third kappa shape index (κ3) is 2.78. The number of fused-ring (bicyclic) bond motifs is 3. The molecule has 0 aliphatic carbocycles. The van der Waals surface area contributed by atoms with Gasteiger partial charge in [0.15, 0.2) is 5.69 Å². The van der Waals surface area contributed by atoms with Crippen LogP contribution in [0.25, 0.3) is 27.5 Å². The maximum absolute atomic E-state index is 13.3. The molecule has 4 aromatic rings. The minimum atomic E-state index is -0.294. The lowest BCUT2D eigenvalue weighted by Gasteiger charge is -2.12. The number of carbonyl (C=O) groups excluding carboxylic acids is 1. The van der Waals surface area contributed by atoms with Crippen LogP contribution in [0.5, 0.6) is 0 Å². The molecule has 2 aromatic heterocycles. The first-order valence-corrected chi connectivity index (χ1v) is 9.27. The highest BCUT2D eigenvalue weighted by Gasteiger charge is 2.23. The number of aryl methyl sites for hydroxylation is 2. The smallest absolute Gasteiger partial charge is 0.296 e. The summed E-state index contributed by atoms with van der Waals surface area (Å²) < 4.78 is 3.15. The first-order valence-electron chi connectivity index (χ1n) is 9.27. The van der Waals surface area contributed by atoms with Crippen LogP contribution >= 0.6 is 0 Å². The zero-order valence-corrected chi connectivity index (χ0v) is 16.4. The van der Waals surface area contributed by atoms with E-state index in [2.05, 4.69) is 10.4 Å². The Balaban J connectivity index is 2.13. The van der Waals surface area contributed by atoms with Crippen LogP contribution in [0.3, 0.4) is 0 Å². The third-order valence-corrected chi connectivity index (χ3v) is 4.85. The summed E-state index contributed by atoms with van der Waals surface area (Å²) in [5, 5.41) is 8.83. The van der Waals surface area contributed by atoms with E-state index in [0.717, 1.165) is 16.5 Å². The van der Waals surface area contributed by atoms with E-state index >= 15 is 0 Å². The minimum Gasteiger partial charge on any atom is -0.348 e. The second-order valence-corrected chi connectivity index (χ2v) is 7.33. The van der Waals surface area contributed by atoms with Crippen LogP contribution in [0, 0.1) is 6.92 Å². The number of hydrogen-bond donors (Lipinski definition) is 1. The number of para-hydroxylation sites is 1. The molecule has 6 nitrogen and oxygen atoms in total. The molecule has 2 aromatic carbocycles. The van der Waals surface area contributed by atoms with Gasteiger partial charge in [0.25, 0.3) is 11.5 Å². The second-order valence-electron chi connectivity index (χ2n) is 7.33. The summed E-state index contributed by atoms with van der Waals surface area (Å²) in [5.41, 5.74) is 3.06. The number of nitrogens with zero attached hydrogens (tertiary/aromatic N) is 3. The highest BCUT2D eigenvalue weighted by molar-refractivity contribution is 6.16. The van der Waals surface area contributed by atoms with Crippen molar-refractivity contribution in [3.63, 3.8) is 0 Å². The molecule has 0 spiro atoms. The summed E-state index contributed by atoms with van der Waals surface area (Å²) in [6, 6.07) is 15.1. The SMILES string of the molecule is Cc1ccc(-n2nc(C(=O)NC(C)C)c3c4ccccc4n(C)c3c2=O)cc1. The highest BCUT2D eigenvalue weighted by atomic mass is 16.2. The van der Waals surface area contributed by atoms with Crippen molar-refractivity contribution in [2.75, 3.05) is 0 Å². The maximum Gasteiger partial charge on any atom is 0.296 e. The van der Waals surface area contributed by atoms with E-state index < -0.39 is 0 Å². The Bertz CT molecular complexity index is 1260. The number of nitrogens with one attached hydrogen (secondary N) is 1. The van der Waals surface area contributed by atoms with Crippen LogP contribution in [0.15, 0.2) is 53.3 Å². The molecule has 0 fully saturated rings. The van der Waals surface area contributed by atoms with E-state index in [-0.39, 0.29) is 23.2 Å². The summed E-state index contributed by atoms with van der Waals surface area (Å²) in [6.45, 7) is 5.77. The van der Waals surface area contributed by atoms with Gasteiger partial charge >= 0.3 is 0 Å². The molecule has 0 bridgehead atoms. The fourth-order valence-corrected chi connectivity index (χ4v) is 3.53. The first kappa shape index (κ1) is 18.0. The average molecular weight is 374 g/mol. The van der Waals surface area contributed by atoms with Gasteiger partial charge < -0.3 is 9.88 Å². The van der Waals surface area contributed by atoms with Crippen molar-refractivity contribution in [1.82, 2.24) is 19.7 Å². The zero-order valence-electron chi connectivity index (χ0n) is 16.4. The Hall–Kier alpha value is -3.41. The van der Waals surface area contributed by atoms with E-state index in [0.29, 0.717) is 16.6 Å². The monoisotopic (exact) mass is 374 g/mol. The van der Waals surface area contributed by atoms with Crippen LogP contribution in [0.4, 0.5) is 0 Å². The molecule has 0 radical (unpaired) electrons.